The summed E-state index contributed by atoms with van der Waals surface area (Å²) >= 11 is 0. The molecule has 0 aliphatic carbocycles. The molecule has 3 rings (SSSR count). The minimum atomic E-state index is -0.667. The normalized spacial score (nSPS) is 17.1. The molecule has 0 radical (unpaired) electrons. The van der Waals surface area contributed by atoms with E-state index in [1.807, 2.05) is 13.8 Å². The molecule has 1 aromatic carbocycles. The second kappa shape index (κ2) is 7.70. The van der Waals surface area contributed by atoms with E-state index in [2.05, 4.69) is 0 Å². The Bertz CT molecular complexity index is 849. The van der Waals surface area contributed by atoms with E-state index in [0.717, 1.165) is 5.56 Å². The summed E-state index contributed by atoms with van der Waals surface area (Å²) in [4.78, 5) is 27.0. The number of rotatable bonds is 7. The maximum absolute atomic E-state index is 12.8. The lowest BCUT2D eigenvalue weighted by Crippen LogP contribution is -2.30. The third-order valence-electron chi connectivity index (χ3n) is 4.54. The van der Waals surface area contributed by atoms with Crippen molar-refractivity contribution in [2.75, 3.05) is 7.11 Å². The van der Waals surface area contributed by atoms with E-state index in [0.29, 0.717) is 11.5 Å². The van der Waals surface area contributed by atoms with Crippen molar-refractivity contribution >= 4 is 11.7 Å². The molecule has 0 bridgehead atoms. The Kier molecular flexibility index (Phi) is 5.35. The molecule has 1 aliphatic rings. The van der Waals surface area contributed by atoms with E-state index < -0.39 is 17.7 Å². The first kappa shape index (κ1) is 18.8. The van der Waals surface area contributed by atoms with E-state index in [-0.39, 0.29) is 30.2 Å². The van der Waals surface area contributed by atoms with Crippen LogP contribution in [0.3, 0.4) is 0 Å². The molecule has 142 valence electrons. The smallest absolute Gasteiger partial charge is 0.290 e. The summed E-state index contributed by atoms with van der Waals surface area (Å²) in [6, 6.07) is 9.95. The molecule has 1 aliphatic heterocycles. The number of carbonyl (C=O) groups excluding carboxylic acids is 2. The predicted molar refractivity (Wildman–Crippen MR) is 99.1 cm³/mol. The zero-order valence-corrected chi connectivity index (χ0v) is 15.6. The zero-order valence-electron chi connectivity index (χ0n) is 15.6. The highest BCUT2D eigenvalue weighted by Gasteiger charge is 2.43. The molecule has 1 atom stereocenters. The van der Waals surface area contributed by atoms with Gasteiger partial charge in [-0.2, -0.15) is 0 Å². The number of hydrogen-bond acceptors (Lipinski definition) is 5. The summed E-state index contributed by atoms with van der Waals surface area (Å²) in [5.74, 6) is 0.0886. The van der Waals surface area contributed by atoms with Crippen molar-refractivity contribution in [2.45, 2.75) is 32.9 Å². The molecular weight excluding hydrogens is 346 g/mol. The van der Waals surface area contributed by atoms with E-state index in [4.69, 9.17) is 9.15 Å². The fourth-order valence-electron chi connectivity index (χ4n) is 3.29. The van der Waals surface area contributed by atoms with Gasteiger partial charge in [0.15, 0.2) is 11.5 Å². The van der Waals surface area contributed by atoms with E-state index in [1.165, 1.54) is 11.2 Å². The number of aliphatic hydroxyl groups excluding tert-OH is 1. The monoisotopic (exact) mass is 369 g/mol. The molecule has 6 nitrogen and oxygen atoms in total. The minimum Gasteiger partial charge on any atom is -0.503 e. The number of hydrogen-bond donors (Lipinski definition) is 1. The third kappa shape index (κ3) is 3.74. The van der Waals surface area contributed by atoms with E-state index in [9.17, 15) is 14.7 Å². The van der Waals surface area contributed by atoms with Crippen LogP contribution in [-0.2, 0) is 16.1 Å². The van der Waals surface area contributed by atoms with Crippen LogP contribution < -0.4 is 4.74 Å². The Morgan fingerprint density at radius 3 is 2.52 bits per heavy atom. The number of Topliss-reactive ketones (excluding diaryl/α,β-unsaturated/α-hetero) is 1. The van der Waals surface area contributed by atoms with Crippen molar-refractivity contribution in [3.8, 4) is 5.75 Å². The van der Waals surface area contributed by atoms with Crippen LogP contribution in [0.2, 0.25) is 0 Å². The Labute approximate surface area is 158 Å². The van der Waals surface area contributed by atoms with Crippen LogP contribution in [0.1, 0.15) is 37.6 Å². The molecule has 1 amide bonds. The van der Waals surface area contributed by atoms with Gasteiger partial charge in [0.25, 0.3) is 5.91 Å². The van der Waals surface area contributed by atoms with Gasteiger partial charge in [0.2, 0.25) is 0 Å². The molecule has 0 saturated heterocycles. The molecule has 27 heavy (non-hydrogen) atoms. The SMILES string of the molecule is COc1ccc(C2C(C(=O)CC(C)C)=C(O)C(=O)N2Cc2ccco2)cc1. The minimum absolute atomic E-state index is 0.114. The molecule has 1 unspecified atom stereocenters. The first-order chi connectivity index (χ1) is 12.9. The fourth-order valence-corrected chi connectivity index (χ4v) is 3.29. The second-order valence-corrected chi connectivity index (χ2v) is 6.97. The number of nitrogens with zero attached hydrogens (tertiary/aromatic N) is 1. The standard InChI is InChI=1S/C21H23NO5/c1-13(2)11-17(23)18-19(14-6-8-15(26-3)9-7-14)22(21(25)20(18)24)12-16-5-4-10-27-16/h4-10,13,19,24H,11-12H2,1-3H3. The fraction of sp³-hybridized carbons (Fsp3) is 0.333. The highest BCUT2D eigenvalue weighted by atomic mass is 16.5. The highest BCUT2D eigenvalue weighted by Crippen LogP contribution is 2.40. The summed E-state index contributed by atoms with van der Waals surface area (Å²) < 4.78 is 10.6. The number of aliphatic hydroxyl groups is 1. The largest absolute Gasteiger partial charge is 0.503 e. The second-order valence-electron chi connectivity index (χ2n) is 6.97. The van der Waals surface area contributed by atoms with Crippen LogP contribution >= 0.6 is 0 Å². The van der Waals surface area contributed by atoms with Gasteiger partial charge >= 0.3 is 0 Å². The Morgan fingerprint density at radius 2 is 1.96 bits per heavy atom. The Balaban J connectivity index is 2.02. The van der Waals surface area contributed by atoms with Gasteiger partial charge in [0.1, 0.15) is 11.5 Å². The summed E-state index contributed by atoms with van der Waals surface area (Å²) in [5, 5.41) is 10.5. The first-order valence-corrected chi connectivity index (χ1v) is 8.86. The summed E-state index contributed by atoms with van der Waals surface area (Å²) in [6.07, 6.45) is 1.78. The average Bonchev–Trinajstić information content (AvgIpc) is 3.23. The van der Waals surface area contributed by atoms with Crippen LogP contribution in [0.5, 0.6) is 5.75 Å². The van der Waals surface area contributed by atoms with Crippen molar-refractivity contribution in [3.63, 3.8) is 0 Å². The molecule has 2 heterocycles. The Morgan fingerprint density at radius 1 is 1.26 bits per heavy atom. The molecule has 2 aromatic rings. The predicted octanol–water partition coefficient (Wildman–Crippen LogP) is 3.80. The van der Waals surface area contributed by atoms with Gasteiger partial charge in [0, 0.05) is 6.42 Å². The van der Waals surface area contributed by atoms with Crippen LogP contribution in [0.15, 0.2) is 58.4 Å². The summed E-state index contributed by atoms with van der Waals surface area (Å²) in [7, 11) is 1.57. The topological polar surface area (TPSA) is 80.0 Å². The molecule has 1 aromatic heterocycles. The number of ether oxygens (including phenoxy) is 1. The highest BCUT2D eigenvalue weighted by molar-refractivity contribution is 6.08. The van der Waals surface area contributed by atoms with Crippen LogP contribution in [-0.4, -0.2) is 28.8 Å². The van der Waals surface area contributed by atoms with Crippen molar-refractivity contribution in [2.24, 2.45) is 5.92 Å². The van der Waals surface area contributed by atoms with Gasteiger partial charge in [-0.25, -0.2) is 0 Å². The lowest BCUT2D eigenvalue weighted by Gasteiger charge is -2.26. The summed E-state index contributed by atoms with van der Waals surface area (Å²) in [6.45, 7) is 4.01. The van der Waals surface area contributed by atoms with Gasteiger partial charge in [-0.05, 0) is 35.7 Å². The molecular formula is C21H23NO5. The van der Waals surface area contributed by atoms with Gasteiger partial charge in [-0.3, -0.25) is 9.59 Å². The number of methoxy groups -OCH3 is 1. The van der Waals surface area contributed by atoms with Gasteiger partial charge in [-0.1, -0.05) is 26.0 Å². The number of furan rings is 1. The van der Waals surface area contributed by atoms with Crippen LogP contribution in [0.4, 0.5) is 0 Å². The van der Waals surface area contributed by atoms with Gasteiger partial charge in [-0.15, -0.1) is 0 Å². The summed E-state index contributed by atoms with van der Waals surface area (Å²) in [5.41, 5.74) is 0.872. The maximum Gasteiger partial charge on any atom is 0.290 e. The van der Waals surface area contributed by atoms with Crippen molar-refractivity contribution in [1.82, 2.24) is 4.90 Å². The molecule has 0 spiro atoms. The van der Waals surface area contributed by atoms with E-state index in [1.54, 1.807) is 43.5 Å². The number of ketones is 1. The molecule has 0 saturated carbocycles. The molecule has 0 fully saturated rings. The Hall–Kier alpha value is -3.02. The van der Waals surface area contributed by atoms with Gasteiger partial charge < -0.3 is 19.2 Å². The van der Waals surface area contributed by atoms with Crippen molar-refractivity contribution in [3.05, 3.63) is 65.3 Å². The number of amides is 1. The maximum atomic E-state index is 12.8. The molecule has 6 heteroatoms. The zero-order chi connectivity index (χ0) is 19.6. The first-order valence-electron chi connectivity index (χ1n) is 8.86. The van der Waals surface area contributed by atoms with Crippen molar-refractivity contribution < 1.29 is 23.8 Å². The van der Waals surface area contributed by atoms with Crippen LogP contribution in [0.25, 0.3) is 0 Å². The quantitative estimate of drug-likeness (QED) is 0.803. The number of benzene rings is 1. The molecule has 1 N–H and O–H groups in total. The average molecular weight is 369 g/mol. The lowest BCUT2D eigenvalue weighted by molar-refractivity contribution is -0.130. The van der Waals surface area contributed by atoms with E-state index >= 15 is 0 Å². The van der Waals surface area contributed by atoms with Crippen molar-refractivity contribution in [1.29, 1.82) is 0 Å². The lowest BCUT2D eigenvalue weighted by atomic mass is 9.92. The third-order valence-corrected chi connectivity index (χ3v) is 4.54. The van der Waals surface area contributed by atoms with Gasteiger partial charge in [0.05, 0.1) is 31.5 Å². The number of carbonyl (C=O) groups is 2. The van der Waals surface area contributed by atoms with Crippen LogP contribution in [0, 0.1) is 5.92 Å².